The number of rotatable bonds is 26. The van der Waals surface area contributed by atoms with Crippen LogP contribution in [0.5, 0.6) is 0 Å². The van der Waals surface area contributed by atoms with Crippen molar-refractivity contribution in [3.8, 4) is 22.3 Å². The molecule has 108 heavy (non-hydrogen) atoms. The van der Waals surface area contributed by atoms with Crippen molar-refractivity contribution < 1.29 is 88.9 Å². The van der Waals surface area contributed by atoms with Crippen molar-refractivity contribution in [1.29, 1.82) is 0 Å². The van der Waals surface area contributed by atoms with Crippen molar-refractivity contribution >= 4 is 69.5 Å². The van der Waals surface area contributed by atoms with Crippen LogP contribution in [-0.4, -0.2) is 236 Å². The van der Waals surface area contributed by atoms with E-state index < -0.39 is 85.0 Å². The van der Waals surface area contributed by atoms with Gasteiger partial charge in [-0.3, -0.25) is 62.2 Å². The van der Waals surface area contributed by atoms with E-state index in [1.165, 1.54) is 0 Å². The maximum atomic E-state index is 13.7. The van der Waals surface area contributed by atoms with E-state index in [-0.39, 0.29) is 89.0 Å². The highest BCUT2D eigenvalue weighted by Crippen LogP contribution is 2.24. The Balaban J connectivity index is 0.000000370. The van der Waals surface area contributed by atoms with Crippen molar-refractivity contribution in [1.82, 2.24) is 29.8 Å². The summed E-state index contributed by atoms with van der Waals surface area (Å²) in [5, 5.41) is 2.52. The topological polar surface area (TPSA) is 282 Å². The number of benzene rings is 4. The standard InChI is InChI=1S/C40H59N3O8.C23H27ClO7S.C18H35N3O4/c1-38(2,3)49-35(45)27-41-21-22-42(28-36(46)50-39(4,5)6)24-26-43(25-23-41)33(37(47)51-40(7,8)9)19-20-34(44)48-29-30-15-17-32(18-16-30)31-13-11-10-12-14-31;1-23(2,3)30-22(26)20(31-32(27,28)16-24)13-14-21(25)29-15-17-9-11-19(12-10-17)18-7-5-4-6-8-18;1-17(2,3)24-15(22)13-20-9-7-19-8-10-21(12-11-20)14-16(23)25-18(4,5)6/h10-18,33H,19-29H2,1-9H3;4-12,20H,13-16H2,1-3H3;19H,7-14H2,1-6H3/t33-;20-;/m10./s1. The average Bonchev–Trinajstić information content (AvgIpc) is 1.56. The molecular formula is C81H121ClN6O19S. The lowest BCUT2D eigenvalue weighted by Crippen LogP contribution is -2.49. The first-order valence-corrected chi connectivity index (χ1v) is 39.1. The van der Waals surface area contributed by atoms with Crippen molar-refractivity contribution in [3.05, 3.63) is 120 Å². The summed E-state index contributed by atoms with van der Waals surface area (Å²) in [5.41, 5.74) is 2.15. The van der Waals surface area contributed by atoms with E-state index in [0.717, 1.165) is 59.6 Å². The predicted octanol–water partition coefficient (Wildman–Crippen LogP) is 10.8. The maximum Gasteiger partial charge on any atom is 0.337 e. The molecule has 2 saturated heterocycles. The first-order chi connectivity index (χ1) is 50.2. The van der Waals surface area contributed by atoms with Crippen LogP contribution in [0.1, 0.15) is 161 Å². The molecule has 0 amide bonds. The highest BCUT2D eigenvalue weighted by Gasteiger charge is 2.35. The minimum atomic E-state index is -4.14. The molecule has 2 aliphatic rings. The Labute approximate surface area is 646 Å². The molecule has 0 saturated carbocycles. The number of alkyl halides is 1. The fraction of sp³-hybridized carbons (Fsp3) is 0.605. The second-order valence-corrected chi connectivity index (χ2v) is 34.8. The number of carbonyl (C=O) groups excluding carboxylic acids is 8. The number of hydrogen-bond donors (Lipinski definition) is 1. The molecule has 2 aliphatic heterocycles. The zero-order chi connectivity index (χ0) is 80.7. The van der Waals surface area contributed by atoms with Gasteiger partial charge in [0, 0.05) is 91.4 Å². The third-order valence-electron chi connectivity index (χ3n) is 15.5. The van der Waals surface area contributed by atoms with Crippen LogP contribution < -0.4 is 5.32 Å². The maximum absolute atomic E-state index is 13.7. The Morgan fingerprint density at radius 3 is 1.00 bits per heavy atom. The minimum Gasteiger partial charge on any atom is -0.461 e. The van der Waals surface area contributed by atoms with E-state index in [1.807, 2.05) is 228 Å². The van der Waals surface area contributed by atoms with E-state index >= 15 is 0 Å². The van der Waals surface area contributed by atoms with Crippen LogP contribution in [0.15, 0.2) is 109 Å². The lowest BCUT2D eigenvalue weighted by Gasteiger charge is -2.33. The third kappa shape index (κ3) is 41.4. The molecule has 1 N–H and O–H groups in total. The molecule has 0 radical (unpaired) electrons. The second-order valence-electron chi connectivity index (χ2n) is 32.6. The summed E-state index contributed by atoms with van der Waals surface area (Å²) in [4.78, 5) is 111. The molecule has 25 nitrogen and oxygen atoms in total. The molecule has 27 heteroatoms. The van der Waals surface area contributed by atoms with Gasteiger partial charge in [-0.1, -0.05) is 109 Å². The van der Waals surface area contributed by atoms with Crippen LogP contribution in [0.3, 0.4) is 0 Å². The molecule has 6 rings (SSSR count). The van der Waals surface area contributed by atoms with Gasteiger partial charge >= 0.3 is 47.8 Å². The number of ether oxygens (including phenoxy) is 8. The summed E-state index contributed by atoms with van der Waals surface area (Å²) in [6.07, 6.45) is -1.76. The SMILES string of the molecule is CC(C)(C)OC(=O)CN1CCN(CC(=O)OC(C)(C)C)CCN([C@H](CCC(=O)OCc2ccc(-c3ccccc3)cc2)C(=O)OC(C)(C)C)CC1.CC(C)(C)OC(=O)CN1CCNCCN(CC(=O)OC(C)(C)C)CC1.CC(C)(C)OC(=O)[C@H](CCC(=O)OCc1ccc(-c2ccccc2)cc1)OS(=O)(=O)CCl. The minimum absolute atomic E-state index is 0.00571. The lowest BCUT2D eigenvalue weighted by atomic mass is 10.0. The van der Waals surface area contributed by atoms with Crippen LogP contribution in [-0.2, 0) is 104 Å². The molecular weight excluding hydrogens is 1430 g/mol. The highest BCUT2D eigenvalue weighted by atomic mass is 35.5. The van der Waals surface area contributed by atoms with E-state index in [9.17, 15) is 46.8 Å². The smallest absolute Gasteiger partial charge is 0.337 e. The molecule has 602 valence electrons. The Bertz CT molecular complexity index is 3480. The normalized spacial score (nSPS) is 15.8. The Morgan fingerprint density at radius 1 is 0.380 bits per heavy atom. The molecule has 2 fully saturated rings. The van der Waals surface area contributed by atoms with Gasteiger partial charge in [-0.05, 0) is 171 Å². The highest BCUT2D eigenvalue weighted by molar-refractivity contribution is 7.87. The fourth-order valence-electron chi connectivity index (χ4n) is 10.9. The van der Waals surface area contributed by atoms with Crippen molar-refractivity contribution in [3.63, 3.8) is 0 Å². The van der Waals surface area contributed by atoms with Crippen molar-refractivity contribution in [2.24, 2.45) is 0 Å². The third-order valence-corrected chi connectivity index (χ3v) is 17.1. The molecule has 0 bridgehead atoms. The van der Waals surface area contributed by atoms with Crippen LogP contribution >= 0.6 is 11.6 Å². The van der Waals surface area contributed by atoms with Crippen molar-refractivity contribution in [2.45, 2.75) is 209 Å². The molecule has 0 unspecified atom stereocenters. The summed E-state index contributed by atoms with van der Waals surface area (Å²) in [7, 11) is -4.14. The van der Waals surface area contributed by atoms with Gasteiger partial charge in [-0.25, -0.2) is 4.79 Å². The van der Waals surface area contributed by atoms with E-state index in [2.05, 4.69) is 15.1 Å². The van der Waals surface area contributed by atoms with Gasteiger partial charge in [0.2, 0.25) is 0 Å². The van der Waals surface area contributed by atoms with Gasteiger partial charge in [0.25, 0.3) is 10.1 Å². The van der Waals surface area contributed by atoms with Crippen LogP contribution in [0, 0.1) is 0 Å². The number of nitrogens with zero attached hydrogens (tertiary/aromatic N) is 5. The van der Waals surface area contributed by atoms with E-state index in [1.54, 1.807) is 20.8 Å². The molecule has 4 aromatic rings. The quantitative estimate of drug-likeness (QED) is 0.0264. The molecule has 0 spiro atoms. The Hall–Kier alpha value is -7.40. The average molecular weight is 1550 g/mol. The predicted molar refractivity (Wildman–Crippen MR) is 415 cm³/mol. The van der Waals surface area contributed by atoms with Gasteiger partial charge in [0.05, 0.1) is 26.2 Å². The zero-order valence-corrected chi connectivity index (χ0v) is 68.7. The molecule has 0 aliphatic carbocycles. The monoisotopic (exact) mass is 1550 g/mol. The first kappa shape index (κ1) is 93.0. The van der Waals surface area contributed by atoms with E-state index in [0.29, 0.717) is 52.4 Å². The summed E-state index contributed by atoms with van der Waals surface area (Å²) in [6.45, 7) is 40.7. The number of esters is 8. The summed E-state index contributed by atoms with van der Waals surface area (Å²) >= 11 is 5.35. The molecule has 2 atom stereocenters. The van der Waals surface area contributed by atoms with Crippen molar-refractivity contribution in [2.75, 3.05) is 110 Å². The number of carbonyl (C=O) groups is 8. The largest absolute Gasteiger partial charge is 0.461 e. The van der Waals surface area contributed by atoms with Gasteiger partial charge < -0.3 is 43.2 Å². The molecule has 0 aromatic heterocycles. The van der Waals surface area contributed by atoms with Gasteiger partial charge in [-0.2, -0.15) is 8.42 Å². The first-order valence-electron chi connectivity index (χ1n) is 36.9. The summed E-state index contributed by atoms with van der Waals surface area (Å²) < 4.78 is 72.1. The molecule has 2 heterocycles. The second kappa shape index (κ2) is 43.9. The number of halogens is 1. The fourth-order valence-corrected chi connectivity index (χ4v) is 11.6. The molecule has 4 aromatic carbocycles. The van der Waals surface area contributed by atoms with Crippen LogP contribution in [0.2, 0.25) is 0 Å². The lowest BCUT2D eigenvalue weighted by molar-refractivity contribution is -0.164. The Kier molecular flexibility index (Phi) is 37.8. The number of nitrogens with one attached hydrogen (secondary N) is 1. The van der Waals surface area contributed by atoms with Gasteiger partial charge in [0.1, 0.15) is 58.1 Å². The van der Waals surface area contributed by atoms with Gasteiger partial charge in [0.15, 0.2) is 6.10 Å². The van der Waals surface area contributed by atoms with Crippen LogP contribution in [0.4, 0.5) is 0 Å². The summed E-state index contributed by atoms with van der Waals surface area (Å²) in [6, 6.07) is 34.6. The van der Waals surface area contributed by atoms with E-state index in [4.69, 9.17) is 53.7 Å². The van der Waals surface area contributed by atoms with Crippen LogP contribution in [0.25, 0.3) is 22.3 Å². The summed E-state index contributed by atoms with van der Waals surface area (Å²) in [5.74, 6) is -3.49. The van der Waals surface area contributed by atoms with Gasteiger partial charge in [-0.15, -0.1) is 11.6 Å². The zero-order valence-electron chi connectivity index (χ0n) is 67.1. The Morgan fingerprint density at radius 2 is 0.676 bits per heavy atom. The number of hydrogen-bond acceptors (Lipinski definition) is 25.